The van der Waals surface area contributed by atoms with Crippen LogP contribution in [0.5, 0.6) is 0 Å². The second kappa shape index (κ2) is 5.12. The first-order valence-electron chi connectivity index (χ1n) is 7.84. The number of carbonyl (C=O) groups excluding carboxylic acids is 1. The lowest BCUT2D eigenvalue weighted by Gasteiger charge is -2.28. The van der Waals surface area contributed by atoms with Gasteiger partial charge in [-0.25, -0.2) is 0 Å². The number of carbonyl (C=O) groups is 1. The van der Waals surface area contributed by atoms with Crippen molar-refractivity contribution in [3.8, 4) is 0 Å². The van der Waals surface area contributed by atoms with Crippen molar-refractivity contribution in [3.63, 3.8) is 0 Å². The van der Waals surface area contributed by atoms with Gasteiger partial charge in [0.15, 0.2) is 5.78 Å². The lowest BCUT2D eigenvalue weighted by molar-refractivity contribution is 0.0875. The Morgan fingerprint density at radius 1 is 1.05 bits per heavy atom. The first-order chi connectivity index (χ1) is 9.43. The molecule has 2 unspecified atom stereocenters. The van der Waals surface area contributed by atoms with Crippen molar-refractivity contribution in [3.05, 3.63) is 29.8 Å². The predicted molar refractivity (Wildman–Crippen MR) is 86.4 cm³/mol. The smallest absolute Gasteiger partial charge is 0.166 e. The van der Waals surface area contributed by atoms with Crippen molar-refractivity contribution in [1.29, 1.82) is 0 Å². The highest BCUT2D eigenvalue weighted by Crippen LogP contribution is 2.32. The summed E-state index contributed by atoms with van der Waals surface area (Å²) in [5, 5.41) is 5.04. The second-order valence-corrected chi connectivity index (χ2v) is 12.6. The molecule has 20 heavy (non-hydrogen) atoms. The van der Waals surface area contributed by atoms with Gasteiger partial charge in [0.05, 0.1) is 8.07 Å². The Balaban J connectivity index is 1.74. The molecule has 2 fully saturated rings. The second-order valence-electron chi connectivity index (χ2n) is 7.50. The van der Waals surface area contributed by atoms with Crippen LogP contribution in [0.2, 0.25) is 19.6 Å². The summed E-state index contributed by atoms with van der Waals surface area (Å²) in [6, 6.07) is 9.64. The van der Waals surface area contributed by atoms with Crippen LogP contribution < -0.4 is 10.5 Å². The maximum Gasteiger partial charge on any atom is 0.166 e. The fourth-order valence-corrected chi connectivity index (χ4v) is 4.81. The molecule has 2 saturated heterocycles. The molecule has 1 aromatic rings. The molecular weight excluding hydrogens is 262 g/mol. The average Bonchev–Trinajstić information content (AvgIpc) is 2.76. The third-order valence-electron chi connectivity index (χ3n) is 4.88. The van der Waals surface area contributed by atoms with Crippen LogP contribution in [0.4, 0.5) is 0 Å². The number of nitrogens with one attached hydrogen (secondary N) is 1. The third-order valence-corrected chi connectivity index (χ3v) is 6.94. The summed E-state index contributed by atoms with van der Waals surface area (Å²) in [5.41, 5.74) is 0.915. The largest absolute Gasteiger partial charge is 0.311 e. The van der Waals surface area contributed by atoms with Crippen molar-refractivity contribution in [2.24, 2.45) is 5.92 Å². The van der Waals surface area contributed by atoms with Crippen molar-refractivity contribution >= 4 is 19.0 Å². The number of ketones is 1. The van der Waals surface area contributed by atoms with Crippen molar-refractivity contribution in [1.82, 2.24) is 5.32 Å². The van der Waals surface area contributed by atoms with Gasteiger partial charge in [0.2, 0.25) is 0 Å². The van der Waals surface area contributed by atoms with E-state index in [4.69, 9.17) is 0 Å². The molecule has 1 aromatic carbocycles. The monoisotopic (exact) mass is 287 g/mol. The van der Waals surface area contributed by atoms with Crippen LogP contribution >= 0.6 is 0 Å². The van der Waals surface area contributed by atoms with Gasteiger partial charge in [0.25, 0.3) is 0 Å². The first kappa shape index (κ1) is 14.0. The van der Waals surface area contributed by atoms with E-state index in [0.29, 0.717) is 17.9 Å². The quantitative estimate of drug-likeness (QED) is 0.684. The van der Waals surface area contributed by atoms with Gasteiger partial charge in [-0.1, -0.05) is 49.1 Å². The van der Waals surface area contributed by atoms with Crippen LogP contribution in [0.15, 0.2) is 24.3 Å². The minimum absolute atomic E-state index is 0.242. The zero-order valence-electron chi connectivity index (χ0n) is 12.8. The van der Waals surface area contributed by atoms with Gasteiger partial charge in [-0.05, 0) is 25.7 Å². The van der Waals surface area contributed by atoms with Crippen molar-refractivity contribution < 1.29 is 4.79 Å². The molecule has 2 heterocycles. The number of Topliss-reactive ketones (excluding diaryl/α,β-unsaturated/α-hetero) is 1. The molecule has 2 nitrogen and oxygen atoms in total. The van der Waals surface area contributed by atoms with Gasteiger partial charge >= 0.3 is 0 Å². The Hall–Kier alpha value is -0.933. The summed E-state index contributed by atoms with van der Waals surface area (Å²) in [6.45, 7) is 7.02. The van der Waals surface area contributed by atoms with E-state index in [1.165, 1.54) is 18.0 Å². The van der Waals surface area contributed by atoms with E-state index >= 15 is 0 Å². The Morgan fingerprint density at radius 2 is 1.60 bits per heavy atom. The number of rotatable bonds is 3. The van der Waals surface area contributed by atoms with Crippen LogP contribution in [-0.2, 0) is 0 Å². The highest BCUT2D eigenvalue weighted by Gasteiger charge is 2.36. The van der Waals surface area contributed by atoms with Crippen LogP contribution in [0.1, 0.15) is 36.0 Å². The summed E-state index contributed by atoms with van der Waals surface area (Å²) in [4.78, 5) is 12.7. The molecular formula is C17H25NOSi. The normalized spacial score (nSPS) is 29.4. The van der Waals surface area contributed by atoms with E-state index in [1.54, 1.807) is 0 Å². The van der Waals surface area contributed by atoms with Gasteiger partial charge in [-0.3, -0.25) is 4.79 Å². The maximum absolute atomic E-state index is 12.7. The van der Waals surface area contributed by atoms with E-state index in [1.807, 2.05) is 0 Å². The molecule has 0 spiro atoms. The number of fused-ring (bicyclic) bond motifs is 2. The molecule has 0 aromatic heterocycles. The zero-order chi connectivity index (χ0) is 14.3. The minimum Gasteiger partial charge on any atom is -0.311 e. The standard InChI is InChI=1S/C17H25NOSi/c1-20(2,3)16-8-4-12(5-9-16)17(19)13-10-14-6-7-15(11-13)18-14/h4-5,8-9,13-15,18H,6-7,10-11H2,1-3H3. The van der Waals surface area contributed by atoms with Gasteiger partial charge in [0, 0.05) is 23.6 Å². The highest BCUT2D eigenvalue weighted by atomic mass is 28.3. The SMILES string of the molecule is C[Si](C)(C)c1ccc(C(=O)C2CC3CCC(C2)N3)cc1. The number of benzene rings is 1. The summed E-state index contributed by atoms with van der Waals surface area (Å²) in [5.74, 6) is 0.608. The van der Waals surface area contributed by atoms with E-state index in [9.17, 15) is 4.79 Å². The van der Waals surface area contributed by atoms with E-state index in [-0.39, 0.29) is 5.92 Å². The number of hydrogen-bond donors (Lipinski definition) is 1. The van der Waals surface area contributed by atoms with Crippen LogP contribution in [-0.4, -0.2) is 25.9 Å². The number of piperidine rings is 1. The molecule has 3 heteroatoms. The molecule has 2 bridgehead atoms. The van der Waals surface area contributed by atoms with Gasteiger partial charge < -0.3 is 5.32 Å². The molecule has 0 saturated carbocycles. The van der Waals surface area contributed by atoms with E-state index in [0.717, 1.165) is 18.4 Å². The van der Waals surface area contributed by atoms with Crippen LogP contribution in [0, 0.1) is 5.92 Å². The molecule has 2 aliphatic rings. The fourth-order valence-electron chi connectivity index (χ4n) is 3.64. The van der Waals surface area contributed by atoms with Crippen molar-refractivity contribution in [2.75, 3.05) is 0 Å². The lowest BCUT2D eigenvalue weighted by Crippen LogP contribution is -2.40. The summed E-state index contributed by atoms with van der Waals surface area (Å²) in [7, 11) is -1.26. The van der Waals surface area contributed by atoms with Crippen LogP contribution in [0.3, 0.4) is 0 Å². The summed E-state index contributed by atoms with van der Waals surface area (Å²) < 4.78 is 0. The number of hydrogen-bond acceptors (Lipinski definition) is 2. The molecule has 0 radical (unpaired) electrons. The van der Waals surface area contributed by atoms with E-state index < -0.39 is 8.07 Å². The molecule has 0 amide bonds. The minimum atomic E-state index is -1.26. The molecule has 2 atom stereocenters. The topological polar surface area (TPSA) is 29.1 Å². The van der Waals surface area contributed by atoms with Crippen molar-refractivity contribution in [2.45, 2.75) is 57.4 Å². The lowest BCUT2D eigenvalue weighted by atomic mass is 9.86. The van der Waals surface area contributed by atoms with Gasteiger partial charge in [-0.15, -0.1) is 0 Å². The fraction of sp³-hybridized carbons (Fsp3) is 0.588. The highest BCUT2D eigenvalue weighted by molar-refractivity contribution is 6.88. The van der Waals surface area contributed by atoms with Crippen LogP contribution in [0.25, 0.3) is 0 Å². The maximum atomic E-state index is 12.7. The zero-order valence-corrected chi connectivity index (χ0v) is 13.8. The average molecular weight is 287 g/mol. The Kier molecular flexibility index (Phi) is 3.59. The molecule has 2 aliphatic heterocycles. The Labute approximate surface area is 123 Å². The summed E-state index contributed by atoms with van der Waals surface area (Å²) in [6.07, 6.45) is 4.57. The predicted octanol–water partition coefficient (Wildman–Crippen LogP) is 2.95. The molecule has 0 aliphatic carbocycles. The van der Waals surface area contributed by atoms with Gasteiger partial charge in [-0.2, -0.15) is 0 Å². The Morgan fingerprint density at radius 3 is 2.10 bits per heavy atom. The van der Waals surface area contributed by atoms with Gasteiger partial charge in [0.1, 0.15) is 0 Å². The summed E-state index contributed by atoms with van der Waals surface area (Å²) >= 11 is 0. The molecule has 3 rings (SSSR count). The molecule has 108 valence electrons. The Bertz CT molecular complexity index is 491. The van der Waals surface area contributed by atoms with E-state index in [2.05, 4.69) is 49.2 Å². The third kappa shape index (κ3) is 2.74. The molecule has 1 N–H and O–H groups in total. The first-order valence-corrected chi connectivity index (χ1v) is 11.3.